The van der Waals surface area contributed by atoms with Crippen LogP contribution in [0.5, 0.6) is 0 Å². The average molecular weight is 788 g/mol. The van der Waals surface area contributed by atoms with E-state index in [2.05, 4.69) is 231 Å². The Hall–Kier alpha value is -7.74. The van der Waals surface area contributed by atoms with Crippen molar-refractivity contribution in [2.24, 2.45) is 0 Å². The largest absolute Gasteiger partial charge is 0.309 e. The van der Waals surface area contributed by atoms with Gasteiger partial charge in [0.2, 0.25) is 0 Å². The Labute approximate surface area is 361 Å². The van der Waals surface area contributed by atoms with Gasteiger partial charge >= 0.3 is 0 Å². The molecule has 11 aromatic rings. The summed E-state index contributed by atoms with van der Waals surface area (Å²) in [6.07, 6.45) is 0. The van der Waals surface area contributed by atoms with Crippen LogP contribution >= 0.6 is 0 Å². The van der Waals surface area contributed by atoms with E-state index in [1.807, 2.05) is 0 Å². The summed E-state index contributed by atoms with van der Waals surface area (Å²) in [5.41, 5.74) is 18.7. The maximum Gasteiger partial charge on any atom is 0.0725 e. The molecule has 0 aromatic heterocycles. The van der Waals surface area contributed by atoms with Crippen molar-refractivity contribution in [3.63, 3.8) is 0 Å². The fourth-order valence-corrected chi connectivity index (χ4v) is 11.5. The van der Waals surface area contributed by atoms with Gasteiger partial charge < -0.3 is 4.90 Å². The van der Waals surface area contributed by atoms with E-state index in [0.717, 1.165) is 5.69 Å². The van der Waals surface area contributed by atoms with Crippen LogP contribution in [0.4, 0.5) is 17.1 Å². The SMILES string of the molecule is Cc1ccc(N(c2ccc(C)c3ccccc23)c2cccc3c4c(ccc23)C2(c3ccccc3-c3ccccc32)c2ccc(-c3cccc5ccccc35)cc2-4)c2ccccc12. The molecule has 2 aliphatic carbocycles. The first-order valence-corrected chi connectivity index (χ1v) is 21.8. The van der Waals surface area contributed by atoms with E-state index in [1.165, 1.54) is 121 Å². The molecule has 0 saturated heterocycles. The first-order valence-electron chi connectivity index (χ1n) is 21.8. The lowest BCUT2D eigenvalue weighted by molar-refractivity contribution is 0.794. The van der Waals surface area contributed by atoms with Crippen molar-refractivity contribution < 1.29 is 0 Å². The second-order valence-corrected chi connectivity index (χ2v) is 17.2. The second kappa shape index (κ2) is 13.1. The Morgan fingerprint density at radius 2 is 0.774 bits per heavy atom. The fraction of sp³-hybridized carbons (Fsp3) is 0.0492. The zero-order chi connectivity index (χ0) is 41.1. The zero-order valence-electron chi connectivity index (χ0n) is 34.7. The van der Waals surface area contributed by atoms with Gasteiger partial charge in [0.05, 0.1) is 22.5 Å². The third-order valence-corrected chi connectivity index (χ3v) is 14.1. The quantitative estimate of drug-likeness (QED) is 0.172. The molecular formula is C61H41N. The molecule has 62 heavy (non-hydrogen) atoms. The van der Waals surface area contributed by atoms with Crippen molar-refractivity contribution >= 4 is 60.2 Å². The van der Waals surface area contributed by atoms with Crippen molar-refractivity contribution in [2.75, 3.05) is 4.90 Å². The first-order chi connectivity index (χ1) is 30.6. The Morgan fingerprint density at radius 1 is 0.306 bits per heavy atom. The molecule has 0 atom stereocenters. The molecule has 0 radical (unpaired) electrons. The normalized spacial score (nSPS) is 13.1. The van der Waals surface area contributed by atoms with Gasteiger partial charge in [-0.1, -0.05) is 188 Å². The monoisotopic (exact) mass is 787 g/mol. The predicted octanol–water partition coefficient (Wildman–Crippen LogP) is 16.4. The number of hydrogen-bond donors (Lipinski definition) is 0. The number of anilines is 3. The summed E-state index contributed by atoms with van der Waals surface area (Å²) in [7, 11) is 0. The molecule has 0 saturated carbocycles. The number of rotatable bonds is 4. The van der Waals surface area contributed by atoms with Gasteiger partial charge in [-0.2, -0.15) is 0 Å². The van der Waals surface area contributed by atoms with Crippen molar-refractivity contribution in [3.8, 4) is 33.4 Å². The van der Waals surface area contributed by atoms with Crippen molar-refractivity contribution in [3.05, 3.63) is 246 Å². The maximum absolute atomic E-state index is 2.54. The highest BCUT2D eigenvalue weighted by atomic mass is 15.1. The van der Waals surface area contributed by atoms with E-state index in [4.69, 9.17) is 0 Å². The zero-order valence-corrected chi connectivity index (χ0v) is 34.7. The minimum Gasteiger partial charge on any atom is -0.309 e. The molecule has 0 aliphatic heterocycles. The molecule has 0 unspecified atom stereocenters. The average Bonchev–Trinajstić information content (AvgIpc) is 3.80. The van der Waals surface area contributed by atoms with Crippen molar-refractivity contribution in [1.29, 1.82) is 0 Å². The van der Waals surface area contributed by atoms with E-state index in [9.17, 15) is 0 Å². The van der Waals surface area contributed by atoms with Gasteiger partial charge in [0.25, 0.3) is 0 Å². The molecule has 1 nitrogen and oxygen atoms in total. The van der Waals surface area contributed by atoms with Crippen LogP contribution in [0.2, 0.25) is 0 Å². The number of nitrogens with zero attached hydrogens (tertiary/aromatic N) is 1. The van der Waals surface area contributed by atoms with E-state index in [-0.39, 0.29) is 0 Å². The molecule has 0 amide bonds. The Kier molecular flexibility index (Phi) is 7.42. The third-order valence-electron chi connectivity index (χ3n) is 14.1. The summed E-state index contributed by atoms with van der Waals surface area (Å²) >= 11 is 0. The number of benzene rings is 11. The summed E-state index contributed by atoms with van der Waals surface area (Å²) in [5.74, 6) is 0. The van der Waals surface area contributed by atoms with E-state index in [0.29, 0.717) is 0 Å². The molecule has 290 valence electrons. The van der Waals surface area contributed by atoms with Gasteiger partial charge in [-0.15, -0.1) is 0 Å². The van der Waals surface area contributed by atoms with Gasteiger partial charge in [0, 0.05) is 16.2 Å². The van der Waals surface area contributed by atoms with Crippen LogP contribution in [-0.4, -0.2) is 0 Å². The lowest BCUT2D eigenvalue weighted by Crippen LogP contribution is -2.25. The molecule has 0 N–H and O–H groups in total. The maximum atomic E-state index is 2.54. The standard InChI is InChI=1S/C61H41N/c1-38-29-35-58(48-22-7-5-17-42(38)48)62(59-36-30-39(2)43-18-6-8-23-49(43)59)57-28-14-25-51-50(57)32-34-56-60(51)52-37-41(45-24-13-16-40-15-3-4-19-44(40)45)31-33-55(52)61(56)53-26-11-9-20-46(53)47-21-10-12-27-54(47)61/h3-37H,1-2H3. The van der Waals surface area contributed by atoms with Crippen molar-refractivity contribution in [1.82, 2.24) is 0 Å². The highest BCUT2D eigenvalue weighted by Crippen LogP contribution is 2.64. The third kappa shape index (κ3) is 4.68. The summed E-state index contributed by atoms with van der Waals surface area (Å²) in [4.78, 5) is 2.54. The molecule has 11 aromatic carbocycles. The number of hydrogen-bond acceptors (Lipinski definition) is 1. The molecule has 1 spiro atoms. The molecule has 13 rings (SSSR count). The number of aryl methyl sites for hydroxylation is 2. The van der Waals surface area contributed by atoms with Crippen LogP contribution in [-0.2, 0) is 5.41 Å². The molecule has 0 fully saturated rings. The second-order valence-electron chi connectivity index (χ2n) is 17.2. The van der Waals surface area contributed by atoms with Crippen LogP contribution in [0, 0.1) is 13.8 Å². The number of fused-ring (bicyclic) bond motifs is 15. The van der Waals surface area contributed by atoms with Crippen LogP contribution in [0.1, 0.15) is 33.4 Å². The highest BCUT2D eigenvalue weighted by Gasteiger charge is 2.52. The topological polar surface area (TPSA) is 3.24 Å². The van der Waals surface area contributed by atoms with Crippen LogP contribution in [0.15, 0.2) is 212 Å². The molecule has 2 aliphatic rings. The minimum atomic E-state index is -0.459. The Balaban J connectivity index is 1.15. The van der Waals surface area contributed by atoms with E-state index >= 15 is 0 Å². The van der Waals surface area contributed by atoms with Gasteiger partial charge in [-0.3, -0.25) is 0 Å². The molecule has 0 heterocycles. The highest BCUT2D eigenvalue weighted by molar-refractivity contribution is 6.15. The van der Waals surface area contributed by atoms with Gasteiger partial charge in [0.15, 0.2) is 0 Å². The molecular weight excluding hydrogens is 747 g/mol. The lowest BCUT2D eigenvalue weighted by Gasteiger charge is -2.31. The lowest BCUT2D eigenvalue weighted by atomic mass is 9.70. The summed E-state index contributed by atoms with van der Waals surface area (Å²) in [6.45, 7) is 4.44. The van der Waals surface area contributed by atoms with Gasteiger partial charge in [-0.05, 0) is 132 Å². The minimum absolute atomic E-state index is 0.459. The van der Waals surface area contributed by atoms with Gasteiger partial charge in [0.1, 0.15) is 0 Å². The van der Waals surface area contributed by atoms with Crippen molar-refractivity contribution in [2.45, 2.75) is 19.3 Å². The fourth-order valence-electron chi connectivity index (χ4n) is 11.5. The predicted molar refractivity (Wildman–Crippen MR) is 262 cm³/mol. The Bertz CT molecular complexity index is 3550. The van der Waals surface area contributed by atoms with E-state index in [1.54, 1.807) is 0 Å². The Morgan fingerprint density at radius 3 is 1.45 bits per heavy atom. The molecule has 1 heteroatoms. The van der Waals surface area contributed by atoms with Crippen LogP contribution in [0.3, 0.4) is 0 Å². The van der Waals surface area contributed by atoms with E-state index < -0.39 is 5.41 Å². The molecule has 0 bridgehead atoms. The summed E-state index contributed by atoms with van der Waals surface area (Å²) in [6, 6.07) is 79.9. The summed E-state index contributed by atoms with van der Waals surface area (Å²) in [5, 5.41) is 10.0. The smallest absolute Gasteiger partial charge is 0.0725 e. The van der Waals surface area contributed by atoms with Gasteiger partial charge in [-0.25, -0.2) is 0 Å². The van der Waals surface area contributed by atoms with Crippen LogP contribution < -0.4 is 4.90 Å². The van der Waals surface area contributed by atoms with Crippen LogP contribution in [0.25, 0.3) is 76.5 Å². The summed E-state index contributed by atoms with van der Waals surface area (Å²) < 4.78 is 0. The first kappa shape index (κ1) is 35.1.